The number of hydrogen-bond donors (Lipinski definition) is 0. The quantitative estimate of drug-likeness (QED) is 0.612. The number of benzene rings is 3. The second-order valence-electron chi connectivity index (χ2n) is 7.39. The third-order valence-electron chi connectivity index (χ3n) is 5.43. The van der Waals surface area contributed by atoms with Gasteiger partial charge in [0.25, 0.3) is 0 Å². The smallest absolute Gasteiger partial charge is 0.297 e. The Labute approximate surface area is 163 Å². The van der Waals surface area contributed by atoms with Crippen molar-refractivity contribution in [3.63, 3.8) is 0 Å². The Kier molecular flexibility index (Phi) is 5.38. The molecule has 0 aliphatic carbocycles. The van der Waals surface area contributed by atoms with Crippen LogP contribution in [0.5, 0.6) is 0 Å². The lowest BCUT2D eigenvalue weighted by Gasteiger charge is -2.35. The van der Waals surface area contributed by atoms with Crippen LogP contribution in [0, 0.1) is 0 Å². The van der Waals surface area contributed by atoms with Gasteiger partial charge in [-0.1, -0.05) is 54.6 Å². The van der Waals surface area contributed by atoms with Gasteiger partial charge in [-0.05, 0) is 34.0 Å². The fourth-order valence-electron chi connectivity index (χ4n) is 3.83. The zero-order valence-electron chi connectivity index (χ0n) is 15.6. The highest BCUT2D eigenvalue weighted by atomic mass is 19.4. The average Bonchev–Trinajstić information content (AvgIpc) is 2.69. The molecule has 0 unspecified atom stereocenters. The Bertz CT molecular complexity index is 921. The van der Waals surface area contributed by atoms with Crippen molar-refractivity contribution in [1.29, 1.82) is 0 Å². The summed E-state index contributed by atoms with van der Waals surface area (Å²) in [4.78, 5) is 4.76. The van der Waals surface area contributed by atoms with E-state index in [0.29, 0.717) is 6.54 Å². The maximum atomic E-state index is 12.7. The van der Waals surface area contributed by atoms with Gasteiger partial charge in [-0.2, -0.15) is 13.2 Å². The number of halogens is 3. The fraction of sp³-hybridized carbons (Fsp3) is 0.304. The van der Waals surface area contributed by atoms with E-state index in [1.54, 1.807) is 12.1 Å². The van der Waals surface area contributed by atoms with E-state index in [4.69, 9.17) is 0 Å². The van der Waals surface area contributed by atoms with Gasteiger partial charge in [0.05, 0.1) is 5.56 Å². The molecule has 0 amide bonds. The minimum atomic E-state index is -4.27. The molecule has 0 radical (unpaired) electrons. The highest BCUT2D eigenvalue weighted by Gasteiger charge is 2.30. The first-order chi connectivity index (χ1) is 13.5. The van der Waals surface area contributed by atoms with E-state index >= 15 is 0 Å². The molecule has 3 aromatic rings. The highest BCUT2D eigenvalue weighted by molar-refractivity contribution is 5.85. The summed E-state index contributed by atoms with van der Waals surface area (Å²) < 4.78 is 38.0. The predicted molar refractivity (Wildman–Crippen MR) is 106 cm³/mol. The van der Waals surface area contributed by atoms with Crippen LogP contribution in [0.2, 0.25) is 0 Å². The zero-order valence-corrected chi connectivity index (χ0v) is 15.6. The van der Waals surface area contributed by atoms with Crippen LogP contribution >= 0.6 is 0 Å². The molecule has 1 aliphatic heterocycles. The first-order valence-electron chi connectivity index (χ1n) is 9.56. The normalized spacial score (nSPS) is 16.5. The molecule has 1 heterocycles. The molecule has 0 saturated carbocycles. The number of hydrogen-bond acceptors (Lipinski definition) is 2. The maximum Gasteiger partial charge on any atom is 0.416 e. The molecule has 0 N–H and O–H groups in total. The SMILES string of the molecule is FC(F)(F)c1ccc(CN2CCN(Cc3cccc4ccccc34)CC2)cc1. The lowest BCUT2D eigenvalue weighted by atomic mass is 10.0. The molecule has 3 aromatic carbocycles. The second kappa shape index (κ2) is 7.94. The average molecular weight is 384 g/mol. The van der Waals surface area contributed by atoms with E-state index in [2.05, 4.69) is 52.3 Å². The Morgan fingerprint density at radius 3 is 1.96 bits per heavy atom. The molecule has 0 atom stereocenters. The van der Waals surface area contributed by atoms with Gasteiger partial charge >= 0.3 is 6.18 Å². The van der Waals surface area contributed by atoms with Crippen molar-refractivity contribution < 1.29 is 13.2 Å². The number of nitrogens with zero attached hydrogens (tertiary/aromatic N) is 2. The second-order valence-corrected chi connectivity index (χ2v) is 7.39. The number of rotatable bonds is 4. The molecule has 1 fully saturated rings. The first-order valence-corrected chi connectivity index (χ1v) is 9.56. The minimum Gasteiger partial charge on any atom is -0.297 e. The van der Waals surface area contributed by atoms with Gasteiger partial charge in [0.2, 0.25) is 0 Å². The first kappa shape index (κ1) is 19.0. The molecule has 1 saturated heterocycles. The van der Waals surface area contributed by atoms with Crippen LogP contribution < -0.4 is 0 Å². The third-order valence-corrected chi connectivity index (χ3v) is 5.43. The third kappa shape index (κ3) is 4.37. The van der Waals surface area contributed by atoms with Crippen LogP contribution in [0.25, 0.3) is 10.8 Å². The molecule has 146 valence electrons. The number of fused-ring (bicyclic) bond motifs is 1. The minimum absolute atomic E-state index is 0.587. The van der Waals surface area contributed by atoms with Crippen molar-refractivity contribution in [3.8, 4) is 0 Å². The van der Waals surface area contributed by atoms with Crippen LogP contribution in [0.4, 0.5) is 13.2 Å². The Morgan fingerprint density at radius 1 is 0.679 bits per heavy atom. The lowest BCUT2D eigenvalue weighted by molar-refractivity contribution is -0.137. The van der Waals surface area contributed by atoms with Crippen molar-refractivity contribution in [3.05, 3.63) is 83.4 Å². The summed E-state index contributed by atoms with van der Waals surface area (Å²) in [5, 5.41) is 2.57. The summed E-state index contributed by atoms with van der Waals surface area (Å²) in [5.41, 5.74) is 1.68. The summed E-state index contributed by atoms with van der Waals surface area (Å²) in [6.07, 6.45) is -4.27. The molecule has 0 bridgehead atoms. The summed E-state index contributed by atoms with van der Waals surface area (Å²) in [7, 11) is 0. The predicted octanol–water partition coefficient (Wildman–Crippen LogP) is 5.18. The van der Waals surface area contributed by atoms with Gasteiger partial charge < -0.3 is 0 Å². The van der Waals surface area contributed by atoms with Gasteiger partial charge in [0.1, 0.15) is 0 Å². The molecular weight excluding hydrogens is 361 g/mol. The van der Waals surface area contributed by atoms with Crippen molar-refractivity contribution in [1.82, 2.24) is 9.80 Å². The molecular formula is C23H23F3N2. The van der Waals surface area contributed by atoms with E-state index in [1.807, 2.05) is 0 Å². The van der Waals surface area contributed by atoms with E-state index in [1.165, 1.54) is 28.5 Å². The van der Waals surface area contributed by atoms with Crippen molar-refractivity contribution >= 4 is 10.8 Å². The molecule has 5 heteroatoms. The van der Waals surface area contributed by atoms with E-state index < -0.39 is 11.7 Å². The topological polar surface area (TPSA) is 6.48 Å². The van der Waals surface area contributed by atoms with Gasteiger partial charge in [-0.3, -0.25) is 9.80 Å². The van der Waals surface area contributed by atoms with Crippen LogP contribution in [-0.4, -0.2) is 36.0 Å². The fourth-order valence-corrected chi connectivity index (χ4v) is 3.83. The van der Waals surface area contributed by atoms with E-state index in [0.717, 1.165) is 38.3 Å². The number of alkyl halides is 3. The molecule has 1 aliphatic rings. The van der Waals surface area contributed by atoms with E-state index in [-0.39, 0.29) is 0 Å². The van der Waals surface area contributed by atoms with Crippen molar-refractivity contribution in [2.45, 2.75) is 19.3 Å². The molecule has 2 nitrogen and oxygen atoms in total. The van der Waals surface area contributed by atoms with Crippen LogP contribution in [0.1, 0.15) is 16.7 Å². The number of piperazine rings is 1. The summed E-state index contributed by atoms with van der Waals surface area (Å²) in [6.45, 7) is 5.39. The van der Waals surface area contributed by atoms with Crippen molar-refractivity contribution in [2.75, 3.05) is 26.2 Å². The lowest BCUT2D eigenvalue weighted by Crippen LogP contribution is -2.45. The van der Waals surface area contributed by atoms with Gasteiger partial charge in [-0.25, -0.2) is 0 Å². The monoisotopic (exact) mass is 384 g/mol. The Balaban J connectivity index is 1.33. The Morgan fingerprint density at radius 2 is 1.29 bits per heavy atom. The van der Waals surface area contributed by atoms with Gasteiger partial charge in [0.15, 0.2) is 0 Å². The zero-order chi connectivity index (χ0) is 19.6. The van der Waals surface area contributed by atoms with Gasteiger partial charge in [0, 0.05) is 39.3 Å². The maximum absolute atomic E-state index is 12.7. The highest BCUT2D eigenvalue weighted by Crippen LogP contribution is 2.29. The van der Waals surface area contributed by atoms with Gasteiger partial charge in [-0.15, -0.1) is 0 Å². The van der Waals surface area contributed by atoms with E-state index in [9.17, 15) is 13.2 Å². The van der Waals surface area contributed by atoms with Crippen LogP contribution in [0.15, 0.2) is 66.7 Å². The molecule has 0 aromatic heterocycles. The largest absolute Gasteiger partial charge is 0.416 e. The van der Waals surface area contributed by atoms with Crippen molar-refractivity contribution in [2.24, 2.45) is 0 Å². The Hall–Kier alpha value is -2.37. The summed E-state index contributed by atoms with van der Waals surface area (Å²) >= 11 is 0. The molecule has 28 heavy (non-hydrogen) atoms. The summed E-state index contributed by atoms with van der Waals surface area (Å²) in [6, 6.07) is 20.4. The van der Waals surface area contributed by atoms with Crippen LogP contribution in [0.3, 0.4) is 0 Å². The van der Waals surface area contributed by atoms with Crippen LogP contribution in [-0.2, 0) is 19.3 Å². The standard InChI is InChI=1S/C23H23F3N2/c24-23(25,26)21-10-8-18(9-11-21)16-27-12-14-28(15-13-27)17-20-6-3-5-19-4-1-2-7-22(19)20/h1-11H,12-17H2. The molecule has 0 spiro atoms. The molecule has 4 rings (SSSR count). The summed E-state index contributed by atoms with van der Waals surface area (Å²) in [5.74, 6) is 0.